The molecule has 1 aliphatic heterocycles. The van der Waals surface area contributed by atoms with Crippen molar-refractivity contribution in [2.75, 3.05) is 25.0 Å². The molecule has 7 heteroatoms. The van der Waals surface area contributed by atoms with Crippen LogP contribution in [0.5, 0.6) is 0 Å². The summed E-state index contributed by atoms with van der Waals surface area (Å²) in [6, 6.07) is 0.386. The summed E-state index contributed by atoms with van der Waals surface area (Å²) in [7, 11) is 3.70. The van der Waals surface area contributed by atoms with Crippen LogP contribution in [-0.2, 0) is 7.05 Å². The SMILES string of the molecule is CNC1CCN(c2c([N+](=O)[O-])c(C(C)C)nn2C)C1. The van der Waals surface area contributed by atoms with Gasteiger partial charge in [0.25, 0.3) is 0 Å². The van der Waals surface area contributed by atoms with Crippen LogP contribution in [0.25, 0.3) is 0 Å². The summed E-state index contributed by atoms with van der Waals surface area (Å²) in [5.74, 6) is 0.675. The smallest absolute Gasteiger partial charge is 0.334 e. The van der Waals surface area contributed by atoms with Gasteiger partial charge in [-0.3, -0.25) is 10.1 Å². The summed E-state index contributed by atoms with van der Waals surface area (Å²) in [6.45, 7) is 5.47. The van der Waals surface area contributed by atoms with Crippen molar-refractivity contribution in [3.8, 4) is 0 Å². The molecule has 0 aromatic carbocycles. The minimum Gasteiger partial charge on any atom is -0.349 e. The molecule has 1 fully saturated rings. The van der Waals surface area contributed by atoms with Crippen molar-refractivity contribution in [3.63, 3.8) is 0 Å². The third kappa shape index (κ3) is 2.42. The lowest BCUT2D eigenvalue weighted by Crippen LogP contribution is -2.30. The molecule has 19 heavy (non-hydrogen) atoms. The zero-order chi connectivity index (χ0) is 14.2. The summed E-state index contributed by atoms with van der Waals surface area (Å²) in [5, 5.41) is 18.9. The van der Waals surface area contributed by atoms with Crippen LogP contribution < -0.4 is 10.2 Å². The summed E-state index contributed by atoms with van der Waals surface area (Å²) >= 11 is 0. The first-order valence-corrected chi connectivity index (χ1v) is 6.59. The average molecular weight is 267 g/mol. The Labute approximate surface area is 112 Å². The number of aryl methyl sites for hydroxylation is 1. The average Bonchev–Trinajstić information content (AvgIpc) is 2.92. The lowest BCUT2D eigenvalue weighted by atomic mass is 10.1. The summed E-state index contributed by atoms with van der Waals surface area (Å²) < 4.78 is 1.64. The van der Waals surface area contributed by atoms with Crippen LogP contribution in [0.1, 0.15) is 31.9 Å². The normalized spacial score (nSPS) is 19.4. The molecule has 7 nitrogen and oxygen atoms in total. The van der Waals surface area contributed by atoms with Crippen LogP contribution in [0.3, 0.4) is 0 Å². The molecule has 2 rings (SSSR count). The number of nitrogens with zero attached hydrogens (tertiary/aromatic N) is 4. The van der Waals surface area contributed by atoms with Gasteiger partial charge in [-0.15, -0.1) is 0 Å². The highest BCUT2D eigenvalue weighted by Gasteiger charge is 2.34. The van der Waals surface area contributed by atoms with Crippen molar-refractivity contribution in [2.24, 2.45) is 7.05 Å². The Bertz CT molecular complexity index is 483. The largest absolute Gasteiger partial charge is 0.349 e. The molecule has 0 bridgehead atoms. The Morgan fingerprint density at radius 3 is 2.68 bits per heavy atom. The highest BCUT2D eigenvalue weighted by Crippen LogP contribution is 2.36. The molecule has 2 heterocycles. The lowest BCUT2D eigenvalue weighted by Gasteiger charge is -2.17. The zero-order valence-corrected chi connectivity index (χ0v) is 11.9. The monoisotopic (exact) mass is 267 g/mol. The highest BCUT2D eigenvalue weighted by atomic mass is 16.6. The molecular formula is C12H21N5O2. The number of nitrogens with one attached hydrogen (secondary N) is 1. The Morgan fingerprint density at radius 1 is 1.53 bits per heavy atom. The Morgan fingerprint density at radius 2 is 2.21 bits per heavy atom. The molecule has 0 saturated carbocycles. The third-order valence-corrected chi connectivity index (χ3v) is 3.64. The van der Waals surface area contributed by atoms with E-state index < -0.39 is 0 Å². The Kier molecular flexibility index (Phi) is 3.75. The van der Waals surface area contributed by atoms with Crippen molar-refractivity contribution < 1.29 is 4.92 Å². The second-order valence-corrected chi connectivity index (χ2v) is 5.31. The van der Waals surface area contributed by atoms with E-state index in [0.717, 1.165) is 19.5 Å². The van der Waals surface area contributed by atoms with E-state index >= 15 is 0 Å². The molecule has 0 spiro atoms. The Balaban J connectivity index is 2.42. The first-order chi connectivity index (χ1) is 8.95. The van der Waals surface area contributed by atoms with E-state index in [-0.39, 0.29) is 16.5 Å². The van der Waals surface area contributed by atoms with E-state index in [1.807, 2.05) is 20.9 Å². The lowest BCUT2D eigenvalue weighted by molar-refractivity contribution is -0.385. The summed E-state index contributed by atoms with van der Waals surface area (Å²) in [4.78, 5) is 13.1. The zero-order valence-electron chi connectivity index (χ0n) is 11.9. The van der Waals surface area contributed by atoms with E-state index in [1.54, 1.807) is 11.7 Å². The molecule has 1 aromatic heterocycles. The first-order valence-electron chi connectivity index (χ1n) is 6.59. The van der Waals surface area contributed by atoms with Crippen LogP contribution in [-0.4, -0.2) is 40.9 Å². The van der Waals surface area contributed by atoms with Gasteiger partial charge in [0.2, 0.25) is 5.82 Å². The second kappa shape index (κ2) is 5.16. The fraction of sp³-hybridized carbons (Fsp3) is 0.750. The van der Waals surface area contributed by atoms with Crippen LogP contribution >= 0.6 is 0 Å². The molecule has 1 aliphatic rings. The fourth-order valence-corrected chi connectivity index (χ4v) is 2.63. The predicted molar refractivity (Wildman–Crippen MR) is 73.6 cm³/mol. The first kappa shape index (κ1) is 13.8. The van der Waals surface area contributed by atoms with Gasteiger partial charge in [-0.1, -0.05) is 13.8 Å². The topological polar surface area (TPSA) is 76.2 Å². The van der Waals surface area contributed by atoms with Crippen molar-refractivity contribution in [1.29, 1.82) is 0 Å². The molecule has 1 aromatic rings. The number of rotatable bonds is 4. The number of nitro groups is 1. The second-order valence-electron chi connectivity index (χ2n) is 5.31. The van der Waals surface area contributed by atoms with E-state index in [1.165, 1.54) is 0 Å². The van der Waals surface area contributed by atoms with E-state index in [0.29, 0.717) is 17.6 Å². The van der Waals surface area contributed by atoms with Gasteiger partial charge in [-0.2, -0.15) is 5.10 Å². The van der Waals surface area contributed by atoms with Gasteiger partial charge >= 0.3 is 5.69 Å². The molecular weight excluding hydrogens is 246 g/mol. The van der Waals surface area contributed by atoms with Crippen LogP contribution in [0, 0.1) is 10.1 Å². The van der Waals surface area contributed by atoms with E-state index in [9.17, 15) is 10.1 Å². The summed E-state index contributed by atoms with van der Waals surface area (Å²) in [5.41, 5.74) is 0.727. The molecule has 0 radical (unpaired) electrons. The Hall–Kier alpha value is -1.63. The van der Waals surface area contributed by atoms with Gasteiger partial charge in [-0.25, -0.2) is 4.68 Å². The molecule has 1 unspecified atom stereocenters. The van der Waals surface area contributed by atoms with Crippen molar-refractivity contribution in [3.05, 3.63) is 15.8 Å². The number of aromatic nitrogens is 2. The van der Waals surface area contributed by atoms with Gasteiger partial charge in [-0.05, 0) is 13.5 Å². The van der Waals surface area contributed by atoms with Crippen LogP contribution in [0.2, 0.25) is 0 Å². The predicted octanol–water partition coefficient (Wildman–Crippen LogP) is 1.25. The van der Waals surface area contributed by atoms with Crippen LogP contribution in [0.4, 0.5) is 11.5 Å². The third-order valence-electron chi connectivity index (χ3n) is 3.64. The maximum atomic E-state index is 11.4. The van der Waals surface area contributed by atoms with Gasteiger partial charge in [0.15, 0.2) is 0 Å². The van der Waals surface area contributed by atoms with Crippen molar-refractivity contribution in [2.45, 2.75) is 32.2 Å². The molecule has 106 valence electrons. The van der Waals surface area contributed by atoms with Gasteiger partial charge in [0.05, 0.1) is 4.92 Å². The number of anilines is 1. The van der Waals surface area contributed by atoms with E-state index in [4.69, 9.17) is 0 Å². The maximum Gasteiger partial charge on any atom is 0.334 e. The molecule has 0 amide bonds. The minimum atomic E-state index is -0.301. The fourth-order valence-electron chi connectivity index (χ4n) is 2.63. The van der Waals surface area contributed by atoms with Gasteiger partial charge in [0.1, 0.15) is 5.69 Å². The number of hydrogen-bond acceptors (Lipinski definition) is 5. The standard InChI is InChI=1S/C12H21N5O2/c1-8(2)10-11(17(18)19)12(15(4)14-10)16-6-5-9(7-16)13-3/h8-9,13H,5-7H2,1-4H3. The van der Waals surface area contributed by atoms with E-state index in [2.05, 4.69) is 15.3 Å². The molecule has 0 aliphatic carbocycles. The van der Waals surface area contributed by atoms with Crippen molar-refractivity contribution >= 4 is 11.5 Å². The number of likely N-dealkylation sites (N-methyl/N-ethyl adjacent to an activating group) is 1. The quantitative estimate of drug-likeness (QED) is 0.656. The minimum absolute atomic E-state index is 0.0445. The van der Waals surface area contributed by atoms with Crippen LogP contribution in [0.15, 0.2) is 0 Å². The van der Waals surface area contributed by atoms with Gasteiger partial charge in [0, 0.05) is 32.1 Å². The van der Waals surface area contributed by atoms with Gasteiger partial charge < -0.3 is 10.2 Å². The highest BCUT2D eigenvalue weighted by molar-refractivity contribution is 5.63. The molecule has 1 N–H and O–H groups in total. The molecule has 1 atom stereocenters. The summed E-state index contributed by atoms with van der Waals surface area (Å²) in [6.07, 6.45) is 0.996. The maximum absolute atomic E-state index is 11.4. The molecule has 1 saturated heterocycles. The number of hydrogen-bond donors (Lipinski definition) is 1. The van der Waals surface area contributed by atoms with Crippen molar-refractivity contribution in [1.82, 2.24) is 15.1 Å².